The highest BCUT2D eigenvalue weighted by Gasteiger charge is 2.25. The molecule has 0 saturated heterocycles. The first-order valence-corrected chi connectivity index (χ1v) is 6.56. The number of aromatic carboxylic acids is 1. The van der Waals surface area contributed by atoms with Crippen molar-refractivity contribution in [2.75, 3.05) is 5.32 Å². The van der Waals surface area contributed by atoms with Crippen LogP contribution in [0, 0.1) is 5.41 Å². The Morgan fingerprint density at radius 2 is 1.62 bits per heavy atom. The van der Waals surface area contributed by atoms with Crippen LogP contribution in [0.4, 0.5) is 5.69 Å². The quantitative estimate of drug-likeness (QED) is 0.789. The topological polar surface area (TPSA) is 95.5 Å². The molecule has 0 aliphatic carbocycles. The minimum Gasteiger partial charge on any atom is -0.478 e. The summed E-state index contributed by atoms with van der Waals surface area (Å²) in [7, 11) is 0. The first-order chi connectivity index (χ1) is 9.61. The zero-order valence-corrected chi connectivity index (χ0v) is 12.6. The van der Waals surface area contributed by atoms with Gasteiger partial charge >= 0.3 is 5.97 Å². The van der Waals surface area contributed by atoms with Gasteiger partial charge in [-0.1, -0.05) is 20.8 Å². The van der Waals surface area contributed by atoms with Crippen LogP contribution in [-0.2, 0) is 9.59 Å². The second-order valence-electron chi connectivity index (χ2n) is 5.82. The molecule has 3 N–H and O–H groups in total. The fraction of sp³-hybridized carbons (Fsp3) is 0.400. The van der Waals surface area contributed by atoms with E-state index in [1.54, 1.807) is 27.7 Å². The Hall–Kier alpha value is -2.37. The Balaban J connectivity index is 2.64. The Kier molecular flexibility index (Phi) is 5.07. The smallest absolute Gasteiger partial charge is 0.335 e. The summed E-state index contributed by atoms with van der Waals surface area (Å²) in [4.78, 5) is 34.5. The van der Waals surface area contributed by atoms with E-state index in [1.807, 2.05) is 0 Å². The summed E-state index contributed by atoms with van der Waals surface area (Å²) in [6.45, 7) is 6.87. The van der Waals surface area contributed by atoms with Gasteiger partial charge < -0.3 is 15.7 Å². The molecule has 2 amide bonds. The largest absolute Gasteiger partial charge is 0.478 e. The van der Waals surface area contributed by atoms with Crippen LogP contribution < -0.4 is 10.6 Å². The van der Waals surface area contributed by atoms with E-state index in [0.29, 0.717) is 5.69 Å². The fourth-order valence-corrected chi connectivity index (χ4v) is 1.43. The number of benzene rings is 1. The molecule has 0 aliphatic heterocycles. The van der Waals surface area contributed by atoms with Gasteiger partial charge in [-0.2, -0.15) is 0 Å². The molecule has 0 aliphatic rings. The third-order valence-corrected chi connectivity index (χ3v) is 2.82. The summed E-state index contributed by atoms with van der Waals surface area (Å²) in [6.07, 6.45) is 0. The van der Waals surface area contributed by atoms with Crippen LogP contribution in [-0.4, -0.2) is 28.9 Å². The molecule has 0 aromatic heterocycles. The van der Waals surface area contributed by atoms with Crippen LogP contribution in [0.15, 0.2) is 24.3 Å². The first-order valence-electron chi connectivity index (χ1n) is 6.56. The van der Waals surface area contributed by atoms with E-state index in [0.717, 1.165) is 0 Å². The normalized spacial score (nSPS) is 12.4. The van der Waals surface area contributed by atoms with Crippen molar-refractivity contribution in [3.05, 3.63) is 29.8 Å². The number of carbonyl (C=O) groups is 3. The van der Waals surface area contributed by atoms with Gasteiger partial charge in [0.1, 0.15) is 6.04 Å². The van der Waals surface area contributed by atoms with Crippen molar-refractivity contribution in [2.24, 2.45) is 5.41 Å². The average molecular weight is 292 g/mol. The van der Waals surface area contributed by atoms with Gasteiger partial charge in [0.05, 0.1) is 5.56 Å². The SMILES string of the molecule is CC(NC(=O)C(C)(C)C)C(=O)Nc1ccc(C(=O)O)cc1. The zero-order valence-electron chi connectivity index (χ0n) is 12.6. The Morgan fingerprint density at radius 1 is 1.10 bits per heavy atom. The van der Waals surface area contributed by atoms with Gasteiger partial charge in [0.25, 0.3) is 0 Å². The summed E-state index contributed by atoms with van der Waals surface area (Å²) in [5.41, 5.74) is 0.0430. The number of amides is 2. The predicted octanol–water partition coefficient (Wildman–Crippen LogP) is 1.87. The van der Waals surface area contributed by atoms with Gasteiger partial charge in [0.2, 0.25) is 11.8 Å². The molecule has 0 spiro atoms. The lowest BCUT2D eigenvalue weighted by molar-refractivity contribution is -0.131. The monoisotopic (exact) mass is 292 g/mol. The van der Waals surface area contributed by atoms with Crippen LogP contribution in [0.5, 0.6) is 0 Å². The van der Waals surface area contributed by atoms with Crippen molar-refractivity contribution in [1.29, 1.82) is 0 Å². The first kappa shape index (κ1) is 16.7. The summed E-state index contributed by atoms with van der Waals surface area (Å²) < 4.78 is 0. The van der Waals surface area contributed by atoms with Crippen LogP contribution in [0.3, 0.4) is 0 Å². The minimum absolute atomic E-state index is 0.141. The molecule has 1 aromatic carbocycles. The van der Waals surface area contributed by atoms with Gasteiger partial charge in [0.15, 0.2) is 0 Å². The van der Waals surface area contributed by atoms with Crippen molar-refractivity contribution in [2.45, 2.75) is 33.7 Å². The van der Waals surface area contributed by atoms with E-state index >= 15 is 0 Å². The second-order valence-corrected chi connectivity index (χ2v) is 5.82. The van der Waals surface area contributed by atoms with E-state index in [1.165, 1.54) is 24.3 Å². The molecule has 1 aromatic rings. The number of hydrogen-bond acceptors (Lipinski definition) is 3. The highest BCUT2D eigenvalue weighted by atomic mass is 16.4. The van der Waals surface area contributed by atoms with Crippen LogP contribution in [0.1, 0.15) is 38.1 Å². The molecule has 0 fully saturated rings. The van der Waals surface area contributed by atoms with E-state index in [2.05, 4.69) is 10.6 Å². The molecule has 0 saturated carbocycles. The maximum absolute atomic E-state index is 12.0. The molecular weight excluding hydrogens is 272 g/mol. The lowest BCUT2D eigenvalue weighted by atomic mass is 9.95. The predicted molar refractivity (Wildman–Crippen MR) is 79.1 cm³/mol. The van der Waals surface area contributed by atoms with E-state index in [4.69, 9.17) is 5.11 Å². The molecule has 21 heavy (non-hydrogen) atoms. The van der Waals surface area contributed by atoms with Crippen molar-refractivity contribution >= 4 is 23.5 Å². The minimum atomic E-state index is -1.03. The van der Waals surface area contributed by atoms with Crippen molar-refractivity contribution < 1.29 is 19.5 Å². The summed E-state index contributed by atoms with van der Waals surface area (Å²) in [6, 6.07) is 5.11. The van der Waals surface area contributed by atoms with Crippen LogP contribution in [0.25, 0.3) is 0 Å². The number of carboxylic acid groups (broad SMARTS) is 1. The highest BCUT2D eigenvalue weighted by Crippen LogP contribution is 2.13. The van der Waals surface area contributed by atoms with Gasteiger partial charge in [-0.15, -0.1) is 0 Å². The number of rotatable bonds is 4. The lowest BCUT2D eigenvalue weighted by Crippen LogP contribution is -2.46. The summed E-state index contributed by atoms with van der Waals surface area (Å²) >= 11 is 0. The molecule has 0 heterocycles. The summed E-state index contributed by atoms with van der Waals surface area (Å²) in [5, 5.41) is 14.0. The Morgan fingerprint density at radius 3 is 2.05 bits per heavy atom. The van der Waals surface area contributed by atoms with Crippen molar-refractivity contribution in [3.63, 3.8) is 0 Å². The van der Waals surface area contributed by atoms with Crippen LogP contribution >= 0.6 is 0 Å². The standard InChI is InChI=1S/C15H20N2O4/c1-9(16-14(21)15(2,3)4)12(18)17-11-7-5-10(6-8-11)13(19)20/h5-9H,1-4H3,(H,16,21)(H,17,18)(H,19,20). The van der Waals surface area contributed by atoms with E-state index < -0.39 is 17.4 Å². The number of hydrogen-bond donors (Lipinski definition) is 3. The molecule has 1 rings (SSSR count). The average Bonchev–Trinajstić information content (AvgIpc) is 2.37. The second kappa shape index (κ2) is 6.39. The highest BCUT2D eigenvalue weighted by molar-refractivity contribution is 5.98. The molecule has 114 valence electrons. The number of nitrogens with one attached hydrogen (secondary N) is 2. The Labute approximate surface area is 123 Å². The maximum atomic E-state index is 12.0. The van der Waals surface area contributed by atoms with E-state index in [-0.39, 0.29) is 17.4 Å². The molecule has 0 radical (unpaired) electrons. The number of carbonyl (C=O) groups excluding carboxylic acids is 2. The van der Waals surface area contributed by atoms with Crippen molar-refractivity contribution in [1.82, 2.24) is 5.32 Å². The molecule has 0 bridgehead atoms. The van der Waals surface area contributed by atoms with Crippen molar-refractivity contribution in [3.8, 4) is 0 Å². The number of anilines is 1. The fourth-order valence-electron chi connectivity index (χ4n) is 1.43. The van der Waals surface area contributed by atoms with Gasteiger partial charge in [-0.25, -0.2) is 4.79 Å². The zero-order chi connectivity index (χ0) is 16.2. The van der Waals surface area contributed by atoms with Gasteiger partial charge in [-0.3, -0.25) is 9.59 Å². The molecular formula is C15H20N2O4. The molecule has 6 heteroatoms. The lowest BCUT2D eigenvalue weighted by Gasteiger charge is -2.21. The molecule has 1 atom stereocenters. The molecule has 6 nitrogen and oxygen atoms in total. The van der Waals surface area contributed by atoms with Crippen LogP contribution in [0.2, 0.25) is 0 Å². The third-order valence-electron chi connectivity index (χ3n) is 2.82. The third kappa shape index (κ3) is 4.91. The summed E-state index contributed by atoms with van der Waals surface area (Å²) in [5.74, 6) is -1.61. The van der Waals surface area contributed by atoms with Gasteiger partial charge in [0, 0.05) is 11.1 Å². The van der Waals surface area contributed by atoms with Gasteiger partial charge in [-0.05, 0) is 31.2 Å². The van der Waals surface area contributed by atoms with E-state index in [9.17, 15) is 14.4 Å². The molecule has 1 unspecified atom stereocenters. The Bertz CT molecular complexity index is 544. The maximum Gasteiger partial charge on any atom is 0.335 e. The number of carboxylic acids is 1.